The maximum absolute atomic E-state index is 13.9. The van der Waals surface area contributed by atoms with E-state index in [1.807, 2.05) is 43.3 Å². The van der Waals surface area contributed by atoms with E-state index in [1.54, 1.807) is 30.6 Å². The zero-order valence-corrected chi connectivity index (χ0v) is 35.5. The summed E-state index contributed by atoms with van der Waals surface area (Å²) in [5, 5.41) is 14.9. The lowest BCUT2D eigenvalue weighted by atomic mass is 9.72. The number of nitrogens with zero attached hydrogens (tertiary/aromatic N) is 3. The number of pyridine rings is 1. The number of sulfonamides is 1. The summed E-state index contributed by atoms with van der Waals surface area (Å²) in [7, 11) is -4.23. The number of benzene rings is 3. The van der Waals surface area contributed by atoms with Crippen LogP contribution in [0.25, 0.3) is 16.6 Å². The molecule has 1 saturated heterocycles. The largest absolute Gasteiger partial charge is 0.455 e. The summed E-state index contributed by atoms with van der Waals surface area (Å²) in [6, 6.07) is 22.0. The Hall–Kier alpha value is -4.88. The molecular weight excluding hydrogens is 784 g/mol. The molecule has 0 unspecified atom stereocenters. The highest BCUT2D eigenvalue weighted by Gasteiger charge is 2.30. The maximum Gasteiger partial charge on any atom is 0.268 e. The van der Waals surface area contributed by atoms with Crippen molar-refractivity contribution < 1.29 is 23.1 Å². The summed E-state index contributed by atoms with van der Waals surface area (Å²) in [5.74, 6) is 0.214. The highest BCUT2D eigenvalue weighted by molar-refractivity contribution is 7.90. The van der Waals surface area contributed by atoms with Crippen molar-refractivity contribution in [3.05, 3.63) is 112 Å². The van der Waals surface area contributed by atoms with Crippen LogP contribution in [0, 0.1) is 18.3 Å². The van der Waals surface area contributed by atoms with Gasteiger partial charge in [-0.05, 0) is 128 Å². The number of anilines is 2. The van der Waals surface area contributed by atoms with Crippen molar-refractivity contribution in [3.8, 4) is 11.5 Å². The van der Waals surface area contributed by atoms with Gasteiger partial charge in [-0.15, -0.1) is 0 Å². The lowest BCUT2D eigenvalue weighted by Crippen LogP contribution is -2.47. The Bertz CT molecular complexity index is 2480. The van der Waals surface area contributed by atoms with Crippen LogP contribution in [0.3, 0.4) is 0 Å². The van der Waals surface area contributed by atoms with E-state index in [0.717, 1.165) is 98.6 Å². The number of amides is 1. The number of piperazine rings is 1. The number of aromatic amines is 1. The van der Waals surface area contributed by atoms with E-state index in [9.17, 15) is 18.3 Å². The topological polar surface area (TPSA) is 140 Å². The fourth-order valence-corrected chi connectivity index (χ4v) is 9.88. The van der Waals surface area contributed by atoms with E-state index in [1.165, 1.54) is 22.8 Å². The lowest BCUT2D eigenvalue weighted by molar-refractivity contribution is 0.0979. The fraction of sp³-hybridized carbons (Fsp3) is 0.391. The SMILES string of the molecule is Cc1cc(S(=O)(=O)NC(=O)c2ccc(N3CCN(CC4=C(c5ccc(Cl)cc5)CC(C)(C)CC4)CC3)cc2Oc2cnc3[nH]ccc3c2)ccc1NC[C@@H]1CC[C@@H](O)C1. The fourth-order valence-electron chi connectivity index (χ4n) is 8.71. The molecule has 0 spiro atoms. The monoisotopic (exact) mass is 836 g/mol. The molecule has 13 heteroatoms. The molecule has 2 atom stereocenters. The predicted molar refractivity (Wildman–Crippen MR) is 235 cm³/mol. The minimum atomic E-state index is -4.23. The summed E-state index contributed by atoms with van der Waals surface area (Å²) < 4.78 is 35.9. The van der Waals surface area contributed by atoms with Gasteiger partial charge in [-0.2, -0.15) is 0 Å². The van der Waals surface area contributed by atoms with Crippen LogP contribution in [-0.2, 0) is 10.0 Å². The first-order valence-electron chi connectivity index (χ1n) is 20.6. The Labute approximate surface area is 351 Å². The van der Waals surface area contributed by atoms with Gasteiger partial charge in [0.15, 0.2) is 0 Å². The number of aliphatic hydroxyl groups excluding tert-OH is 1. The lowest BCUT2D eigenvalue weighted by Gasteiger charge is -2.39. The first-order chi connectivity index (χ1) is 28.3. The number of allylic oxidation sites excluding steroid dienone is 1. The molecule has 2 fully saturated rings. The standard InChI is InChI=1S/C46H53ClN6O5S/c1-30-22-39(11-13-42(30)49-27-31-4-10-37(54)23-31)59(56,57)51-45(55)40-12-9-36(25-43(40)58-38-24-33-15-17-48-44(33)50-28-38)53-20-18-52(19-21-53)29-34-14-16-46(2,3)26-41(34)32-5-7-35(47)8-6-32/h5-9,11-13,15,17,22,24-25,28,31,37,49,54H,4,10,14,16,18-21,23,26-27,29H2,1-3H3,(H,48,50)(H,51,55)/t31-,37-/m1/s1. The van der Waals surface area contributed by atoms with Gasteiger partial charge < -0.3 is 25.0 Å². The summed E-state index contributed by atoms with van der Waals surface area (Å²) in [6.07, 6.45) is 8.91. The van der Waals surface area contributed by atoms with E-state index in [2.05, 4.69) is 55.8 Å². The molecular formula is C46H53ClN6O5S. The van der Waals surface area contributed by atoms with E-state index >= 15 is 0 Å². The van der Waals surface area contributed by atoms with Crippen LogP contribution in [0.4, 0.5) is 11.4 Å². The first-order valence-corrected chi connectivity index (χ1v) is 22.4. The van der Waals surface area contributed by atoms with E-state index in [-0.39, 0.29) is 27.7 Å². The van der Waals surface area contributed by atoms with Gasteiger partial charge in [0.2, 0.25) is 0 Å². The van der Waals surface area contributed by atoms with Gasteiger partial charge >= 0.3 is 0 Å². The number of hydrogen-bond acceptors (Lipinski definition) is 9. The van der Waals surface area contributed by atoms with Crippen molar-refractivity contribution in [1.29, 1.82) is 0 Å². The van der Waals surface area contributed by atoms with Crippen molar-refractivity contribution >= 4 is 55.5 Å². The minimum absolute atomic E-state index is 0.0164. The third kappa shape index (κ3) is 9.62. The number of aromatic nitrogens is 2. The van der Waals surface area contributed by atoms with Gasteiger partial charge in [0, 0.05) is 73.3 Å². The number of hydrogen-bond donors (Lipinski definition) is 4. The molecule has 2 aliphatic carbocycles. The van der Waals surface area contributed by atoms with Crippen molar-refractivity contribution in [3.63, 3.8) is 0 Å². The number of carbonyl (C=O) groups is 1. The number of nitrogens with one attached hydrogen (secondary N) is 3. The van der Waals surface area contributed by atoms with Crippen LogP contribution >= 0.6 is 11.6 Å². The summed E-state index contributed by atoms with van der Waals surface area (Å²) in [4.78, 5) is 26.2. The second-order valence-corrected chi connectivity index (χ2v) is 19.3. The number of carbonyl (C=O) groups excluding carboxylic acids is 1. The molecule has 3 aliphatic rings. The highest BCUT2D eigenvalue weighted by atomic mass is 35.5. The summed E-state index contributed by atoms with van der Waals surface area (Å²) in [6.45, 7) is 11.4. The number of aryl methyl sites for hydroxylation is 1. The summed E-state index contributed by atoms with van der Waals surface area (Å²) in [5.41, 5.74) is 7.65. The first kappa shape index (κ1) is 40.9. The molecule has 310 valence electrons. The minimum Gasteiger partial charge on any atom is -0.455 e. The molecule has 0 bridgehead atoms. The predicted octanol–water partition coefficient (Wildman–Crippen LogP) is 8.79. The Morgan fingerprint density at radius 3 is 2.56 bits per heavy atom. The second kappa shape index (κ2) is 17.0. The second-order valence-electron chi connectivity index (χ2n) is 17.2. The molecule has 1 amide bonds. The van der Waals surface area contributed by atoms with Crippen LogP contribution in [0.2, 0.25) is 5.02 Å². The van der Waals surface area contributed by atoms with E-state index in [4.69, 9.17) is 16.3 Å². The molecule has 11 nitrogen and oxygen atoms in total. The maximum atomic E-state index is 13.9. The molecule has 2 aromatic heterocycles. The zero-order chi connectivity index (χ0) is 41.3. The number of ether oxygens (including phenoxy) is 1. The Morgan fingerprint density at radius 2 is 1.81 bits per heavy atom. The van der Waals surface area contributed by atoms with Crippen molar-refractivity contribution in [2.45, 2.75) is 70.3 Å². The number of aliphatic hydroxyl groups is 1. The normalized spacial score (nSPS) is 19.9. The average molecular weight is 837 g/mol. The van der Waals surface area contributed by atoms with Crippen LogP contribution < -0.4 is 19.7 Å². The Morgan fingerprint density at radius 1 is 1.02 bits per heavy atom. The van der Waals surface area contributed by atoms with Gasteiger partial charge in [-0.3, -0.25) is 9.69 Å². The number of rotatable bonds is 12. The van der Waals surface area contributed by atoms with Gasteiger partial charge in [0.05, 0.1) is 22.8 Å². The van der Waals surface area contributed by atoms with Crippen LogP contribution in [-0.4, -0.2) is 79.7 Å². The van der Waals surface area contributed by atoms with Crippen LogP contribution in [0.15, 0.2) is 95.7 Å². The molecule has 59 heavy (non-hydrogen) atoms. The molecule has 4 N–H and O–H groups in total. The number of H-pyrrole nitrogens is 1. The van der Waals surface area contributed by atoms with E-state index in [0.29, 0.717) is 23.9 Å². The molecule has 3 aromatic carbocycles. The third-order valence-electron chi connectivity index (χ3n) is 12.2. The molecule has 0 radical (unpaired) electrons. The van der Waals surface area contributed by atoms with Crippen molar-refractivity contribution in [2.75, 3.05) is 49.5 Å². The van der Waals surface area contributed by atoms with Gasteiger partial charge in [-0.25, -0.2) is 18.1 Å². The van der Waals surface area contributed by atoms with Crippen LogP contribution in [0.1, 0.15) is 73.9 Å². The molecule has 5 aromatic rings. The number of halogens is 1. The molecule has 1 aliphatic heterocycles. The number of fused-ring (bicyclic) bond motifs is 1. The quantitative estimate of drug-likeness (QED) is 0.0971. The van der Waals surface area contributed by atoms with Gasteiger partial charge in [0.25, 0.3) is 15.9 Å². The smallest absolute Gasteiger partial charge is 0.268 e. The molecule has 3 heterocycles. The molecule has 8 rings (SSSR count). The van der Waals surface area contributed by atoms with E-state index < -0.39 is 15.9 Å². The Balaban J connectivity index is 0.987. The van der Waals surface area contributed by atoms with Crippen molar-refractivity contribution in [2.24, 2.45) is 11.3 Å². The van der Waals surface area contributed by atoms with Crippen LogP contribution in [0.5, 0.6) is 11.5 Å². The Kier molecular flexibility index (Phi) is 11.8. The van der Waals surface area contributed by atoms with Gasteiger partial charge in [0.1, 0.15) is 17.1 Å². The third-order valence-corrected chi connectivity index (χ3v) is 13.8. The average Bonchev–Trinajstić information content (AvgIpc) is 3.86. The van der Waals surface area contributed by atoms with Crippen molar-refractivity contribution in [1.82, 2.24) is 19.6 Å². The summed E-state index contributed by atoms with van der Waals surface area (Å²) >= 11 is 6.25. The highest BCUT2D eigenvalue weighted by Crippen LogP contribution is 2.43. The molecule has 1 saturated carbocycles. The zero-order valence-electron chi connectivity index (χ0n) is 33.9. The van der Waals surface area contributed by atoms with Gasteiger partial charge in [-0.1, -0.05) is 43.2 Å².